The van der Waals surface area contributed by atoms with E-state index in [1.54, 1.807) is 31.4 Å². The van der Waals surface area contributed by atoms with Crippen LogP contribution in [0.4, 0.5) is 11.5 Å². The van der Waals surface area contributed by atoms with Gasteiger partial charge in [-0.2, -0.15) is 0 Å². The molecule has 0 radical (unpaired) electrons. The van der Waals surface area contributed by atoms with Crippen molar-refractivity contribution in [1.29, 1.82) is 0 Å². The van der Waals surface area contributed by atoms with E-state index in [4.69, 9.17) is 4.74 Å². The van der Waals surface area contributed by atoms with Gasteiger partial charge in [-0.15, -0.1) is 0 Å². The second-order valence-corrected chi connectivity index (χ2v) is 10.2. The Morgan fingerprint density at radius 3 is 2.32 bits per heavy atom. The maximum absolute atomic E-state index is 13.2. The van der Waals surface area contributed by atoms with Crippen LogP contribution in [0.2, 0.25) is 0 Å². The molecule has 0 spiro atoms. The molecule has 1 fully saturated rings. The number of hydrogen-bond acceptors (Lipinski definition) is 6. The molecule has 1 atom stereocenters. The third-order valence-electron chi connectivity index (χ3n) is 6.21. The molecule has 1 aliphatic rings. The van der Waals surface area contributed by atoms with Crippen LogP contribution in [0.25, 0.3) is 0 Å². The van der Waals surface area contributed by atoms with Gasteiger partial charge in [-0.1, -0.05) is 30.3 Å². The lowest BCUT2D eigenvalue weighted by Gasteiger charge is -2.28. The molecule has 2 heterocycles. The molecule has 1 saturated heterocycles. The smallest absolute Gasteiger partial charge is 0.265 e. The summed E-state index contributed by atoms with van der Waals surface area (Å²) in [7, 11) is -2.02. The maximum atomic E-state index is 13.2. The van der Waals surface area contributed by atoms with E-state index in [9.17, 15) is 8.42 Å². The number of methoxy groups -OCH3 is 1. The second kappa shape index (κ2) is 10.9. The fourth-order valence-corrected chi connectivity index (χ4v) is 5.81. The first-order chi connectivity index (χ1) is 16.5. The highest BCUT2D eigenvalue weighted by Crippen LogP contribution is 2.28. The summed E-state index contributed by atoms with van der Waals surface area (Å²) in [5.74, 6) is 1.49. The van der Waals surface area contributed by atoms with Crippen LogP contribution in [0, 0.1) is 0 Å². The average Bonchev–Trinajstić information content (AvgIpc) is 3.40. The maximum Gasteiger partial charge on any atom is 0.265 e. The highest BCUT2D eigenvalue weighted by molar-refractivity contribution is 7.92. The van der Waals surface area contributed by atoms with Gasteiger partial charge in [0.25, 0.3) is 10.0 Å². The molecule has 1 unspecified atom stereocenters. The number of likely N-dealkylation sites (tertiary alicyclic amines) is 1. The zero-order valence-electron chi connectivity index (χ0n) is 19.7. The van der Waals surface area contributed by atoms with E-state index in [1.165, 1.54) is 28.9 Å². The molecule has 7 nitrogen and oxygen atoms in total. The molecular weight excluding hydrogens is 448 g/mol. The molecule has 180 valence electrons. The predicted octanol–water partition coefficient (Wildman–Crippen LogP) is 4.55. The molecule has 1 aromatic heterocycles. The summed E-state index contributed by atoms with van der Waals surface area (Å²) in [6.45, 7) is 4.97. The lowest BCUT2D eigenvalue weighted by Crippen LogP contribution is -2.31. The Kier molecular flexibility index (Phi) is 7.70. The highest BCUT2D eigenvalue weighted by Gasteiger charge is 2.25. The lowest BCUT2D eigenvalue weighted by atomic mass is 10.1. The first-order valence-corrected chi connectivity index (χ1v) is 13.1. The minimum atomic E-state index is -3.69. The van der Waals surface area contributed by atoms with Gasteiger partial charge in [-0.25, -0.2) is 13.4 Å². The van der Waals surface area contributed by atoms with Crippen LogP contribution in [-0.4, -0.2) is 51.6 Å². The molecule has 8 heteroatoms. The molecule has 4 rings (SSSR count). The molecule has 3 aromatic rings. The van der Waals surface area contributed by atoms with Crippen LogP contribution in [-0.2, 0) is 10.0 Å². The Balaban J connectivity index is 1.48. The van der Waals surface area contributed by atoms with E-state index in [0.717, 1.165) is 18.8 Å². The topological polar surface area (TPSA) is 74.8 Å². The number of para-hydroxylation sites is 1. The number of nitrogens with one attached hydrogen (secondary N) is 1. The fraction of sp³-hybridized carbons (Fsp3) is 0.346. The monoisotopic (exact) mass is 480 g/mol. The third kappa shape index (κ3) is 5.34. The molecular formula is C26H32N4O3S. The number of aromatic nitrogens is 1. The Morgan fingerprint density at radius 2 is 1.74 bits per heavy atom. The van der Waals surface area contributed by atoms with E-state index in [-0.39, 0.29) is 10.9 Å². The highest BCUT2D eigenvalue weighted by atomic mass is 32.2. The van der Waals surface area contributed by atoms with E-state index in [0.29, 0.717) is 24.6 Å². The Bertz CT molecular complexity index is 1150. The number of benzene rings is 2. The van der Waals surface area contributed by atoms with Gasteiger partial charge >= 0.3 is 0 Å². The van der Waals surface area contributed by atoms with Crippen molar-refractivity contribution in [2.24, 2.45) is 0 Å². The largest absolute Gasteiger partial charge is 0.497 e. The van der Waals surface area contributed by atoms with Gasteiger partial charge in [0, 0.05) is 19.3 Å². The minimum absolute atomic E-state index is 0.176. The molecule has 0 aliphatic carbocycles. The predicted molar refractivity (Wildman–Crippen MR) is 136 cm³/mol. The summed E-state index contributed by atoms with van der Waals surface area (Å²) in [5.41, 5.74) is 1.86. The first-order valence-electron chi connectivity index (χ1n) is 11.7. The number of ether oxygens (including phenoxy) is 1. The quantitative estimate of drug-likeness (QED) is 0.459. The number of nitrogens with zero attached hydrogens (tertiary/aromatic N) is 3. The number of hydrogen-bond donors (Lipinski definition) is 1. The van der Waals surface area contributed by atoms with Crippen LogP contribution in [0.1, 0.15) is 31.4 Å². The summed E-state index contributed by atoms with van der Waals surface area (Å²) in [4.78, 5) is 7.07. The normalized spacial score (nSPS) is 15.1. The Morgan fingerprint density at radius 1 is 1.03 bits per heavy atom. The third-order valence-corrected chi connectivity index (χ3v) is 8.10. The fourth-order valence-electron chi connectivity index (χ4n) is 4.39. The van der Waals surface area contributed by atoms with Gasteiger partial charge in [0.1, 0.15) is 16.5 Å². The minimum Gasteiger partial charge on any atom is -0.497 e. The van der Waals surface area contributed by atoms with E-state index >= 15 is 0 Å². The number of rotatable bonds is 10. The SMILES string of the molecule is CCN(c1ccccc1)S(=O)(=O)c1ccc(NCC(c2ccc(OC)cc2)N2CCCC2)nc1. The molecule has 0 bridgehead atoms. The van der Waals surface area contributed by atoms with Crippen molar-refractivity contribution in [2.45, 2.75) is 30.7 Å². The molecule has 1 N–H and O–H groups in total. The summed E-state index contributed by atoms with van der Waals surface area (Å²) in [5, 5.41) is 3.41. The molecule has 34 heavy (non-hydrogen) atoms. The zero-order valence-corrected chi connectivity index (χ0v) is 20.5. The van der Waals surface area contributed by atoms with Crippen molar-refractivity contribution in [3.8, 4) is 5.75 Å². The van der Waals surface area contributed by atoms with Crippen molar-refractivity contribution in [3.05, 3.63) is 78.5 Å². The first kappa shape index (κ1) is 24.0. The Hall–Kier alpha value is -3.10. The Labute approximate surface area is 202 Å². The lowest BCUT2D eigenvalue weighted by molar-refractivity contribution is 0.255. The van der Waals surface area contributed by atoms with E-state index in [1.807, 2.05) is 37.3 Å². The standard InChI is InChI=1S/C26H32N4O3S/c1-3-30(22-9-5-4-6-10-22)34(31,32)24-15-16-26(27-19-24)28-20-25(29-17-7-8-18-29)21-11-13-23(33-2)14-12-21/h4-6,9-16,19,25H,3,7-8,17-18,20H2,1-2H3,(H,27,28). The van der Waals surface area contributed by atoms with E-state index in [2.05, 4.69) is 27.3 Å². The van der Waals surface area contributed by atoms with Gasteiger partial charge in [-0.3, -0.25) is 9.21 Å². The number of anilines is 2. The van der Waals surface area contributed by atoms with Crippen molar-refractivity contribution in [2.75, 3.05) is 42.9 Å². The average molecular weight is 481 g/mol. The van der Waals surface area contributed by atoms with Gasteiger partial charge in [0.05, 0.1) is 18.8 Å². The zero-order chi connectivity index (χ0) is 24.0. The van der Waals surface area contributed by atoms with E-state index < -0.39 is 10.0 Å². The molecule has 0 saturated carbocycles. The van der Waals surface area contributed by atoms with Crippen molar-refractivity contribution < 1.29 is 13.2 Å². The van der Waals surface area contributed by atoms with Crippen molar-refractivity contribution in [1.82, 2.24) is 9.88 Å². The van der Waals surface area contributed by atoms with Crippen molar-refractivity contribution >= 4 is 21.5 Å². The van der Waals surface area contributed by atoms with Crippen molar-refractivity contribution in [3.63, 3.8) is 0 Å². The molecule has 0 amide bonds. The van der Waals surface area contributed by atoms with Gasteiger partial charge in [0.2, 0.25) is 0 Å². The van der Waals surface area contributed by atoms with Crippen LogP contribution in [0.15, 0.2) is 77.8 Å². The van der Waals surface area contributed by atoms with Gasteiger partial charge < -0.3 is 10.1 Å². The molecule has 2 aromatic carbocycles. The summed E-state index contributed by atoms with van der Waals surface area (Å²) in [6.07, 6.45) is 3.83. The number of pyridine rings is 1. The second-order valence-electron chi connectivity index (χ2n) is 8.30. The van der Waals surface area contributed by atoms with Crippen LogP contribution >= 0.6 is 0 Å². The van der Waals surface area contributed by atoms with Gasteiger partial charge in [-0.05, 0) is 74.8 Å². The summed E-state index contributed by atoms with van der Waals surface area (Å²) >= 11 is 0. The molecule has 1 aliphatic heterocycles. The van der Waals surface area contributed by atoms with Crippen LogP contribution in [0.3, 0.4) is 0 Å². The number of sulfonamides is 1. The summed E-state index contributed by atoms with van der Waals surface area (Å²) in [6, 6.07) is 20.9. The summed E-state index contributed by atoms with van der Waals surface area (Å²) < 4.78 is 33.1. The van der Waals surface area contributed by atoms with Crippen LogP contribution < -0.4 is 14.4 Å². The van der Waals surface area contributed by atoms with Crippen LogP contribution in [0.5, 0.6) is 5.75 Å². The van der Waals surface area contributed by atoms with Gasteiger partial charge in [0.15, 0.2) is 0 Å².